The van der Waals surface area contributed by atoms with Crippen molar-refractivity contribution in [3.63, 3.8) is 0 Å². The zero-order valence-electron chi connectivity index (χ0n) is 31.0. The lowest BCUT2D eigenvalue weighted by Gasteiger charge is -2.28. The van der Waals surface area contributed by atoms with E-state index in [4.69, 9.17) is 9.40 Å². The van der Waals surface area contributed by atoms with Crippen LogP contribution in [0, 0.1) is 0 Å². The van der Waals surface area contributed by atoms with Gasteiger partial charge in [-0.2, -0.15) is 0 Å². The number of nitrogens with zero attached hydrogens (tertiary/aromatic N) is 3. The van der Waals surface area contributed by atoms with Gasteiger partial charge in [0, 0.05) is 44.5 Å². The number of hydrogen-bond acceptors (Lipinski definition) is 3. The summed E-state index contributed by atoms with van der Waals surface area (Å²) in [5, 5.41) is 4.94. The van der Waals surface area contributed by atoms with Crippen LogP contribution < -0.4 is 4.90 Å². The van der Waals surface area contributed by atoms with E-state index in [0.29, 0.717) is 5.89 Å². The van der Waals surface area contributed by atoms with E-state index in [2.05, 4.69) is 185 Å². The molecule has 11 rings (SSSR count). The lowest BCUT2D eigenvalue weighted by atomic mass is 9.99. The van der Waals surface area contributed by atoms with Crippen LogP contribution in [0.5, 0.6) is 0 Å². The van der Waals surface area contributed by atoms with Crippen LogP contribution in [0.1, 0.15) is 0 Å². The van der Waals surface area contributed by atoms with Crippen molar-refractivity contribution >= 4 is 60.7 Å². The third kappa shape index (κ3) is 5.58. The molecule has 2 aromatic heterocycles. The first-order valence-electron chi connectivity index (χ1n) is 19.3. The van der Waals surface area contributed by atoms with E-state index in [-0.39, 0.29) is 0 Å². The van der Waals surface area contributed by atoms with E-state index in [0.717, 1.165) is 61.6 Å². The standard InChI is InChI=1S/C53H35N3O/c1-4-16-36(17-5-1)39-21-14-24-41(34-39)55(48-29-13-12-26-44(48)45-27-15-28-47-52(45)57-53(54-47)38-19-6-2-7-20-38)42-31-32-46-50(35-42)56(40-22-8-3-9-23-40)49-33-30-37-18-10-11-25-43(37)51(46)49/h1-35H. The summed E-state index contributed by atoms with van der Waals surface area (Å²) < 4.78 is 9.03. The van der Waals surface area contributed by atoms with Gasteiger partial charge in [-0.25, -0.2) is 4.98 Å². The number of fused-ring (bicyclic) bond motifs is 6. The SMILES string of the molecule is c1ccc(-c2cccc(N(c3ccc4c5c6ccccc6ccc5n(-c5ccccc5)c4c3)c3ccccc3-c3cccc4nc(-c5ccccc5)oc34)c2)cc1. The van der Waals surface area contributed by atoms with Crippen molar-refractivity contribution < 1.29 is 4.42 Å². The summed E-state index contributed by atoms with van der Waals surface area (Å²) in [6.07, 6.45) is 0. The molecule has 0 radical (unpaired) electrons. The van der Waals surface area contributed by atoms with E-state index in [9.17, 15) is 0 Å². The van der Waals surface area contributed by atoms with Gasteiger partial charge in [-0.15, -0.1) is 0 Å². The van der Waals surface area contributed by atoms with Gasteiger partial charge in [0.05, 0.1) is 16.7 Å². The van der Waals surface area contributed by atoms with Crippen molar-refractivity contribution in [2.24, 2.45) is 0 Å². The minimum absolute atomic E-state index is 0.606. The molecule has 268 valence electrons. The summed E-state index contributed by atoms with van der Waals surface area (Å²) in [5.41, 5.74) is 13.4. The highest BCUT2D eigenvalue weighted by atomic mass is 16.3. The molecule has 0 N–H and O–H groups in total. The molecule has 0 atom stereocenters. The Morgan fingerprint density at radius 1 is 0.439 bits per heavy atom. The quantitative estimate of drug-likeness (QED) is 0.164. The molecule has 0 bridgehead atoms. The number of benzene rings is 9. The van der Waals surface area contributed by atoms with Crippen LogP contribution in [0.3, 0.4) is 0 Å². The van der Waals surface area contributed by atoms with Crippen LogP contribution in [-0.4, -0.2) is 9.55 Å². The Balaban J connectivity index is 1.18. The number of anilines is 3. The van der Waals surface area contributed by atoms with Crippen molar-refractivity contribution in [2.45, 2.75) is 0 Å². The van der Waals surface area contributed by atoms with Crippen molar-refractivity contribution in [2.75, 3.05) is 4.90 Å². The van der Waals surface area contributed by atoms with Crippen molar-refractivity contribution in [3.05, 3.63) is 212 Å². The highest BCUT2D eigenvalue weighted by molar-refractivity contribution is 6.21. The molecule has 0 saturated carbocycles. The first-order valence-corrected chi connectivity index (χ1v) is 19.3. The Bertz CT molecular complexity index is 3240. The van der Waals surface area contributed by atoms with Gasteiger partial charge in [0.25, 0.3) is 0 Å². The van der Waals surface area contributed by atoms with Crippen molar-refractivity contribution in [1.82, 2.24) is 9.55 Å². The van der Waals surface area contributed by atoms with Crippen LogP contribution >= 0.6 is 0 Å². The molecule has 0 aliphatic rings. The molecule has 0 aliphatic carbocycles. The monoisotopic (exact) mass is 729 g/mol. The molecule has 0 fully saturated rings. The summed E-state index contributed by atoms with van der Waals surface area (Å²) in [6, 6.07) is 75.2. The summed E-state index contributed by atoms with van der Waals surface area (Å²) >= 11 is 0. The topological polar surface area (TPSA) is 34.2 Å². The highest BCUT2D eigenvalue weighted by Crippen LogP contribution is 2.46. The average Bonchev–Trinajstić information content (AvgIpc) is 3.88. The number of aromatic nitrogens is 2. The molecule has 0 aliphatic heterocycles. The van der Waals surface area contributed by atoms with Crippen LogP contribution in [0.15, 0.2) is 217 Å². The van der Waals surface area contributed by atoms with E-state index in [1.165, 1.54) is 32.6 Å². The van der Waals surface area contributed by atoms with Gasteiger partial charge in [0.1, 0.15) is 5.52 Å². The second-order valence-electron chi connectivity index (χ2n) is 14.4. The van der Waals surface area contributed by atoms with Gasteiger partial charge < -0.3 is 13.9 Å². The third-order valence-electron chi connectivity index (χ3n) is 11.0. The van der Waals surface area contributed by atoms with Crippen molar-refractivity contribution in [1.29, 1.82) is 0 Å². The molecule has 0 saturated heterocycles. The maximum Gasteiger partial charge on any atom is 0.227 e. The molecular formula is C53H35N3O. The van der Waals surface area contributed by atoms with Crippen molar-refractivity contribution in [3.8, 4) is 39.4 Å². The molecule has 57 heavy (non-hydrogen) atoms. The maximum absolute atomic E-state index is 6.62. The summed E-state index contributed by atoms with van der Waals surface area (Å²) in [4.78, 5) is 7.33. The maximum atomic E-state index is 6.62. The minimum Gasteiger partial charge on any atom is -0.435 e. The summed E-state index contributed by atoms with van der Waals surface area (Å²) in [7, 11) is 0. The minimum atomic E-state index is 0.606. The molecule has 2 heterocycles. The molecule has 0 unspecified atom stereocenters. The van der Waals surface area contributed by atoms with Crippen LogP contribution in [0.4, 0.5) is 17.1 Å². The van der Waals surface area contributed by atoms with Gasteiger partial charge >= 0.3 is 0 Å². The molecule has 4 nitrogen and oxygen atoms in total. The fourth-order valence-corrected chi connectivity index (χ4v) is 8.41. The molecule has 0 amide bonds. The van der Waals surface area contributed by atoms with E-state index in [1.807, 2.05) is 36.4 Å². The fourth-order valence-electron chi connectivity index (χ4n) is 8.41. The predicted octanol–water partition coefficient (Wildman–Crippen LogP) is 14.5. The summed E-state index contributed by atoms with van der Waals surface area (Å²) in [6.45, 7) is 0. The molecule has 0 spiro atoms. The Labute approximate surface area is 330 Å². The predicted molar refractivity (Wildman–Crippen MR) is 237 cm³/mol. The number of rotatable bonds is 7. The van der Waals surface area contributed by atoms with E-state index >= 15 is 0 Å². The number of para-hydroxylation sites is 3. The molecule has 4 heteroatoms. The first-order chi connectivity index (χ1) is 28.3. The van der Waals surface area contributed by atoms with Crippen LogP contribution in [0.2, 0.25) is 0 Å². The Hall–Kier alpha value is -7.69. The highest BCUT2D eigenvalue weighted by Gasteiger charge is 2.23. The van der Waals surface area contributed by atoms with E-state index < -0.39 is 0 Å². The fraction of sp³-hybridized carbons (Fsp3) is 0. The lowest BCUT2D eigenvalue weighted by molar-refractivity contribution is 0.621. The largest absolute Gasteiger partial charge is 0.435 e. The molecule has 11 aromatic rings. The zero-order valence-corrected chi connectivity index (χ0v) is 31.0. The Morgan fingerprint density at radius 2 is 1.11 bits per heavy atom. The van der Waals surface area contributed by atoms with Crippen LogP contribution in [0.25, 0.3) is 83.1 Å². The Morgan fingerprint density at radius 3 is 1.95 bits per heavy atom. The smallest absolute Gasteiger partial charge is 0.227 e. The number of oxazole rings is 1. The van der Waals surface area contributed by atoms with Gasteiger partial charge in [0.2, 0.25) is 5.89 Å². The van der Waals surface area contributed by atoms with E-state index in [1.54, 1.807) is 0 Å². The molecular weight excluding hydrogens is 695 g/mol. The second kappa shape index (κ2) is 13.6. The average molecular weight is 730 g/mol. The van der Waals surface area contributed by atoms with Gasteiger partial charge in [0.15, 0.2) is 5.58 Å². The Kier molecular flexibility index (Phi) is 7.78. The molecule has 9 aromatic carbocycles. The van der Waals surface area contributed by atoms with Crippen LogP contribution in [-0.2, 0) is 0 Å². The van der Waals surface area contributed by atoms with Gasteiger partial charge in [-0.05, 0) is 88.6 Å². The lowest BCUT2D eigenvalue weighted by Crippen LogP contribution is -2.11. The second-order valence-corrected chi connectivity index (χ2v) is 14.4. The van der Waals surface area contributed by atoms with Gasteiger partial charge in [-0.1, -0.05) is 146 Å². The zero-order chi connectivity index (χ0) is 37.7. The first kappa shape index (κ1) is 32.7. The third-order valence-corrected chi connectivity index (χ3v) is 11.0. The van der Waals surface area contributed by atoms with Gasteiger partial charge in [-0.3, -0.25) is 0 Å². The normalized spacial score (nSPS) is 11.5. The summed E-state index contributed by atoms with van der Waals surface area (Å²) in [5.74, 6) is 0.606. The number of hydrogen-bond donors (Lipinski definition) is 0.